The van der Waals surface area contributed by atoms with Gasteiger partial charge in [-0.1, -0.05) is 41.9 Å². The van der Waals surface area contributed by atoms with Crippen LogP contribution in [0, 0.1) is 0 Å². The maximum atomic E-state index is 12.1. The third kappa shape index (κ3) is 5.27. The molecule has 3 rings (SSSR count). The average Bonchev–Trinajstić information content (AvgIpc) is 2.74. The van der Waals surface area contributed by atoms with Crippen molar-refractivity contribution < 1.29 is 14.3 Å². The zero-order chi connectivity index (χ0) is 20.6. The number of benzene rings is 3. The number of para-hydroxylation sites is 1. The number of hydrogen-bond acceptors (Lipinski definition) is 5. The summed E-state index contributed by atoms with van der Waals surface area (Å²) in [5.41, 5.74) is 10.6. The first-order valence-corrected chi connectivity index (χ1v) is 9.18. The monoisotopic (exact) mass is 409 g/mol. The number of anilines is 1. The lowest BCUT2D eigenvalue weighted by molar-refractivity contribution is 0.0956. The van der Waals surface area contributed by atoms with Gasteiger partial charge >= 0.3 is 0 Å². The van der Waals surface area contributed by atoms with Crippen LogP contribution in [0.15, 0.2) is 71.8 Å². The Balaban J connectivity index is 1.65. The first-order chi connectivity index (χ1) is 14.1. The Morgan fingerprint density at radius 2 is 1.86 bits per heavy atom. The summed E-state index contributed by atoms with van der Waals surface area (Å²) in [6.07, 6.45) is 1.51. The summed E-state index contributed by atoms with van der Waals surface area (Å²) < 4.78 is 11.2. The van der Waals surface area contributed by atoms with Crippen LogP contribution >= 0.6 is 11.6 Å². The summed E-state index contributed by atoms with van der Waals surface area (Å²) in [6, 6.07) is 19.6. The maximum absolute atomic E-state index is 12.1. The number of methoxy groups -OCH3 is 1. The van der Waals surface area contributed by atoms with Gasteiger partial charge < -0.3 is 15.2 Å². The summed E-state index contributed by atoms with van der Waals surface area (Å²) in [6.45, 7) is 0.317. The van der Waals surface area contributed by atoms with Gasteiger partial charge in [0.2, 0.25) is 0 Å². The van der Waals surface area contributed by atoms with Gasteiger partial charge in [0, 0.05) is 16.3 Å². The Morgan fingerprint density at radius 3 is 2.62 bits per heavy atom. The second-order valence-electron chi connectivity index (χ2n) is 6.08. The fourth-order valence-corrected chi connectivity index (χ4v) is 2.77. The number of ether oxygens (including phenoxy) is 2. The predicted molar refractivity (Wildman–Crippen MR) is 115 cm³/mol. The molecular formula is C22H20ClN3O3. The van der Waals surface area contributed by atoms with Gasteiger partial charge in [-0.05, 0) is 42.0 Å². The smallest absolute Gasteiger partial charge is 0.273 e. The molecule has 148 valence electrons. The standard InChI is InChI=1S/C22H20ClN3O3/c1-28-21-12-15(13-25-26-22(27)17-7-3-5-9-19(17)24)10-11-20(21)29-14-16-6-2-4-8-18(16)23/h2-13H,14,24H2,1H3,(H,26,27)/b25-13+. The average molecular weight is 410 g/mol. The highest BCUT2D eigenvalue weighted by molar-refractivity contribution is 6.31. The molecule has 0 aliphatic carbocycles. The zero-order valence-electron chi connectivity index (χ0n) is 15.8. The van der Waals surface area contributed by atoms with Crippen molar-refractivity contribution in [3.63, 3.8) is 0 Å². The van der Waals surface area contributed by atoms with Gasteiger partial charge in [0.05, 0.1) is 18.9 Å². The lowest BCUT2D eigenvalue weighted by atomic mass is 10.2. The topological polar surface area (TPSA) is 85.9 Å². The zero-order valence-corrected chi connectivity index (χ0v) is 16.5. The molecule has 3 N–H and O–H groups in total. The number of hydrogen-bond donors (Lipinski definition) is 2. The molecule has 0 fully saturated rings. The van der Waals surface area contributed by atoms with Crippen LogP contribution in [-0.4, -0.2) is 19.2 Å². The highest BCUT2D eigenvalue weighted by atomic mass is 35.5. The fraction of sp³-hybridized carbons (Fsp3) is 0.0909. The number of hydrazone groups is 1. The lowest BCUT2D eigenvalue weighted by Gasteiger charge is -2.12. The Hall–Kier alpha value is -3.51. The highest BCUT2D eigenvalue weighted by Gasteiger charge is 2.09. The predicted octanol–water partition coefficient (Wildman–Crippen LogP) is 4.27. The van der Waals surface area contributed by atoms with E-state index in [4.69, 9.17) is 26.8 Å². The molecule has 0 saturated heterocycles. The second kappa shape index (κ2) is 9.61. The van der Waals surface area contributed by atoms with E-state index in [-0.39, 0.29) is 5.91 Å². The quantitative estimate of drug-likeness (QED) is 0.346. The van der Waals surface area contributed by atoms with E-state index in [0.29, 0.717) is 34.4 Å². The number of nitrogens with two attached hydrogens (primary N) is 1. The molecule has 1 amide bonds. The van der Waals surface area contributed by atoms with Crippen molar-refractivity contribution in [2.24, 2.45) is 5.10 Å². The van der Waals surface area contributed by atoms with Crippen molar-refractivity contribution in [1.82, 2.24) is 5.43 Å². The van der Waals surface area contributed by atoms with E-state index in [1.165, 1.54) is 6.21 Å². The van der Waals surface area contributed by atoms with E-state index in [2.05, 4.69) is 10.5 Å². The summed E-state index contributed by atoms with van der Waals surface area (Å²) >= 11 is 6.16. The molecule has 6 nitrogen and oxygen atoms in total. The lowest BCUT2D eigenvalue weighted by Crippen LogP contribution is -2.19. The minimum Gasteiger partial charge on any atom is -0.493 e. The van der Waals surface area contributed by atoms with Crippen LogP contribution in [-0.2, 0) is 6.61 Å². The van der Waals surface area contributed by atoms with E-state index in [0.717, 1.165) is 11.1 Å². The molecule has 0 unspecified atom stereocenters. The molecule has 0 aromatic heterocycles. The molecule has 0 aliphatic rings. The third-order valence-electron chi connectivity index (χ3n) is 4.11. The Kier molecular flexibility index (Phi) is 6.71. The van der Waals surface area contributed by atoms with Crippen LogP contribution in [0.25, 0.3) is 0 Å². The highest BCUT2D eigenvalue weighted by Crippen LogP contribution is 2.29. The number of nitrogens with zero attached hydrogens (tertiary/aromatic N) is 1. The molecule has 0 spiro atoms. The molecule has 3 aromatic carbocycles. The number of nitrogens with one attached hydrogen (secondary N) is 1. The Labute approximate surface area is 173 Å². The molecule has 0 atom stereocenters. The van der Waals surface area contributed by atoms with Crippen molar-refractivity contribution >= 4 is 29.4 Å². The fourth-order valence-electron chi connectivity index (χ4n) is 2.58. The van der Waals surface area contributed by atoms with Crippen LogP contribution in [0.1, 0.15) is 21.5 Å². The minimum absolute atomic E-state index is 0.317. The number of amides is 1. The molecule has 0 heterocycles. The van der Waals surface area contributed by atoms with Gasteiger partial charge in [0.1, 0.15) is 6.61 Å². The third-order valence-corrected chi connectivity index (χ3v) is 4.48. The van der Waals surface area contributed by atoms with E-state index in [1.54, 1.807) is 49.6 Å². The van der Waals surface area contributed by atoms with Gasteiger partial charge in [-0.3, -0.25) is 4.79 Å². The number of rotatable bonds is 7. The van der Waals surface area contributed by atoms with Crippen LogP contribution in [0.2, 0.25) is 5.02 Å². The van der Waals surface area contributed by atoms with E-state index in [9.17, 15) is 4.79 Å². The summed E-state index contributed by atoms with van der Waals surface area (Å²) in [5.74, 6) is 0.733. The Morgan fingerprint density at radius 1 is 1.10 bits per heavy atom. The molecule has 0 radical (unpaired) electrons. The molecule has 3 aromatic rings. The van der Waals surface area contributed by atoms with E-state index >= 15 is 0 Å². The number of carbonyl (C=O) groups excluding carboxylic acids is 1. The van der Waals surface area contributed by atoms with Crippen LogP contribution in [0.3, 0.4) is 0 Å². The first-order valence-electron chi connectivity index (χ1n) is 8.80. The first kappa shape index (κ1) is 20.2. The molecule has 0 saturated carbocycles. The van der Waals surface area contributed by atoms with Crippen molar-refractivity contribution in [3.8, 4) is 11.5 Å². The van der Waals surface area contributed by atoms with Crippen LogP contribution < -0.4 is 20.6 Å². The molecule has 0 aliphatic heterocycles. The molecule has 0 bridgehead atoms. The van der Waals surface area contributed by atoms with Crippen LogP contribution in [0.5, 0.6) is 11.5 Å². The number of halogens is 1. The number of nitrogen functional groups attached to an aromatic ring is 1. The minimum atomic E-state index is -0.383. The number of carbonyl (C=O) groups is 1. The summed E-state index contributed by atoms with van der Waals surface area (Å²) in [7, 11) is 1.55. The van der Waals surface area contributed by atoms with Gasteiger partial charge in [0.15, 0.2) is 11.5 Å². The van der Waals surface area contributed by atoms with Crippen molar-refractivity contribution in [3.05, 3.63) is 88.4 Å². The molecule has 29 heavy (non-hydrogen) atoms. The normalized spacial score (nSPS) is 10.7. The molecule has 7 heteroatoms. The van der Waals surface area contributed by atoms with Crippen molar-refractivity contribution in [2.75, 3.05) is 12.8 Å². The van der Waals surface area contributed by atoms with Gasteiger partial charge in [-0.15, -0.1) is 0 Å². The van der Waals surface area contributed by atoms with E-state index < -0.39 is 0 Å². The van der Waals surface area contributed by atoms with E-state index in [1.807, 2.05) is 24.3 Å². The second-order valence-corrected chi connectivity index (χ2v) is 6.48. The summed E-state index contributed by atoms with van der Waals surface area (Å²) in [4.78, 5) is 12.1. The van der Waals surface area contributed by atoms with Crippen molar-refractivity contribution in [1.29, 1.82) is 0 Å². The Bertz CT molecular complexity index is 1040. The van der Waals surface area contributed by atoms with Gasteiger partial charge in [-0.2, -0.15) is 5.10 Å². The van der Waals surface area contributed by atoms with Gasteiger partial charge in [-0.25, -0.2) is 5.43 Å². The largest absolute Gasteiger partial charge is 0.493 e. The van der Waals surface area contributed by atoms with Gasteiger partial charge in [0.25, 0.3) is 5.91 Å². The summed E-state index contributed by atoms with van der Waals surface area (Å²) in [5, 5.41) is 4.62. The maximum Gasteiger partial charge on any atom is 0.273 e. The SMILES string of the molecule is COc1cc(/C=N/NC(=O)c2ccccc2N)ccc1OCc1ccccc1Cl. The van der Waals surface area contributed by atoms with Crippen LogP contribution in [0.4, 0.5) is 5.69 Å². The molecular weight excluding hydrogens is 390 g/mol. The van der Waals surface area contributed by atoms with Crippen molar-refractivity contribution in [2.45, 2.75) is 6.61 Å².